The van der Waals surface area contributed by atoms with E-state index < -0.39 is 0 Å². The van der Waals surface area contributed by atoms with Crippen molar-refractivity contribution in [2.45, 2.75) is 0 Å². The Bertz CT molecular complexity index is 3150. The second-order valence-electron chi connectivity index (χ2n) is 13.9. The number of benzene rings is 8. The molecule has 0 saturated heterocycles. The fourth-order valence-electron chi connectivity index (χ4n) is 7.99. The Hall–Kier alpha value is -6.47. The molecule has 0 saturated carbocycles. The molecule has 8 aromatic carbocycles. The van der Waals surface area contributed by atoms with Crippen LogP contribution in [0.5, 0.6) is 0 Å². The topological polar surface area (TPSA) is 36.2 Å². The van der Waals surface area contributed by atoms with Crippen LogP contribution in [0.15, 0.2) is 197 Å². The van der Waals surface area contributed by atoms with Crippen LogP contribution >= 0.6 is 31.9 Å². The zero-order chi connectivity index (χ0) is 39.6. The van der Waals surface area contributed by atoms with Gasteiger partial charge in [-0.05, 0) is 107 Å². The summed E-state index contributed by atoms with van der Waals surface area (Å²) in [4.78, 5) is 11.7. The lowest BCUT2D eigenvalue weighted by Gasteiger charge is -2.10. The maximum atomic E-state index is 11.7. The van der Waals surface area contributed by atoms with Crippen LogP contribution in [-0.2, 0) is 4.74 Å². The van der Waals surface area contributed by atoms with Crippen LogP contribution < -0.4 is 0 Å². The van der Waals surface area contributed by atoms with Gasteiger partial charge in [0.2, 0.25) is 0 Å². The van der Waals surface area contributed by atoms with Crippen molar-refractivity contribution in [2.75, 3.05) is 7.11 Å². The molecule has 10 aromatic rings. The maximum absolute atomic E-state index is 11.7. The van der Waals surface area contributed by atoms with Gasteiger partial charge in [-0.25, -0.2) is 0 Å². The average molecular weight is 881 g/mol. The summed E-state index contributed by atoms with van der Waals surface area (Å²) in [6, 6.07) is 63.2. The predicted molar refractivity (Wildman–Crippen MR) is 249 cm³/mol. The number of hydrogen-bond donors (Lipinski definition) is 0. The molecule has 6 heteroatoms. The first-order valence-corrected chi connectivity index (χ1v) is 20.5. The van der Waals surface area contributed by atoms with Gasteiger partial charge >= 0.3 is 0 Å². The number of nitrogens with zero attached hydrogens (tertiary/aromatic N) is 2. The number of aldehydes is 1. The predicted octanol–water partition coefficient (Wildman–Crippen LogP) is 14.9. The highest BCUT2D eigenvalue weighted by atomic mass is 79.9. The Morgan fingerprint density at radius 2 is 0.879 bits per heavy atom. The van der Waals surface area contributed by atoms with Crippen molar-refractivity contribution in [1.82, 2.24) is 9.13 Å². The number of ether oxygens (including phenoxy) is 1. The third-order valence-corrected chi connectivity index (χ3v) is 12.0. The van der Waals surface area contributed by atoms with Crippen LogP contribution in [-0.4, -0.2) is 22.5 Å². The highest BCUT2D eigenvalue weighted by Crippen LogP contribution is 2.39. The lowest BCUT2D eigenvalue weighted by Crippen LogP contribution is -1.93. The first-order valence-electron chi connectivity index (χ1n) is 19.0. The first-order chi connectivity index (χ1) is 28.6. The molecule has 0 unspecified atom stereocenters. The minimum atomic E-state index is 0.675. The average Bonchev–Trinajstić information content (AvgIpc) is 3.79. The lowest BCUT2D eigenvalue weighted by molar-refractivity contribution is 0.112. The zero-order valence-electron chi connectivity index (χ0n) is 31.5. The summed E-state index contributed by atoms with van der Waals surface area (Å²) < 4.78 is 11.6. The van der Waals surface area contributed by atoms with Gasteiger partial charge in [0.15, 0.2) is 6.29 Å². The summed E-state index contributed by atoms with van der Waals surface area (Å²) in [7, 11) is 1.66. The molecule has 10 rings (SSSR count). The lowest BCUT2D eigenvalue weighted by atomic mass is 9.98. The van der Waals surface area contributed by atoms with Gasteiger partial charge in [0.05, 0.1) is 35.4 Å². The summed E-state index contributed by atoms with van der Waals surface area (Å²) in [6.07, 6.45) is 4.62. The van der Waals surface area contributed by atoms with E-state index in [0.29, 0.717) is 5.56 Å². The van der Waals surface area contributed by atoms with Crippen molar-refractivity contribution in [1.29, 1.82) is 0 Å². The minimum Gasteiger partial charge on any atom is -0.504 e. The third-order valence-electron chi connectivity index (χ3n) is 10.6. The molecule has 0 radical (unpaired) electrons. The number of carbonyl (C=O) groups excluding carboxylic acids is 1. The molecule has 0 N–H and O–H groups in total. The number of halogens is 2. The van der Waals surface area contributed by atoms with Gasteiger partial charge in [-0.3, -0.25) is 4.79 Å². The summed E-state index contributed by atoms with van der Waals surface area (Å²) in [6.45, 7) is 0. The smallest absolute Gasteiger partial charge is 0.151 e. The summed E-state index contributed by atoms with van der Waals surface area (Å²) in [5.41, 5.74) is 13.1. The van der Waals surface area contributed by atoms with Gasteiger partial charge in [0, 0.05) is 47.4 Å². The van der Waals surface area contributed by atoms with Crippen molar-refractivity contribution in [3.63, 3.8) is 0 Å². The van der Waals surface area contributed by atoms with Gasteiger partial charge in [0.25, 0.3) is 0 Å². The Morgan fingerprint density at radius 1 is 0.448 bits per heavy atom. The highest BCUT2D eigenvalue weighted by Gasteiger charge is 2.16. The number of methoxy groups -OCH3 is 1. The molecule has 2 aromatic heterocycles. The van der Waals surface area contributed by atoms with E-state index in [1.54, 1.807) is 13.4 Å². The van der Waals surface area contributed by atoms with Crippen LogP contribution in [0.25, 0.3) is 83.3 Å². The van der Waals surface area contributed by atoms with Crippen LogP contribution in [0.4, 0.5) is 0 Å². The van der Waals surface area contributed by atoms with Crippen molar-refractivity contribution in [3.8, 4) is 33.6 Å². The molecule has 2 heterocycles. The quantitative estimate of drug-likeness (QED) is 0.118. The van der Waals surface area contributed by atoms with Gasteiger partial charge in [0.1, 0.15) is 0 Å². The van der Waals surface area contributed by atoms with E-state index in [4.69, 9.17) is 4.74 Å². The zero-order valence-corrected chi connectivity index (χ0v) is 34.7. The van der Waals surface area contributed by atoms with E-state index in [9.17, 15) is 4.79 Å². The van der Waals surface area contributed by atoms with Crippen LogP contribution in [0.1, 0.15) is 15.9 Å². The van der Waals surface area contributed by atoms with E-state index >= 15 is 0 Å². The molecular weight excluding hydrogens is 844 g/mol. The van der Waals surface area contributed by atoms with Gasteiger partial charge < -0.3 is 13.9 Å². The Labute approximate surface area is 353 Å². The SMILES string of the molecule is COC=Cc1c(Br)cccc1-c1ccc2c(c1)c1ccccc1n2-c1ccccc1.O=Cc1c(Br)cccc1-c1ccc2c(c1)c1ccccc1n2-c1ccccc1. The van der Waals surface area contributed by atoms with Crippen molar-refractivity contribution >= 4 is 87.8 Å². The van der Waals surface area contributed by atoms with Crippen molar-refractivity contribution in [3.05, 3.63) is 208 Å². The van der Waals surface area contributed by atoms with E-state index in [2.05, 4.69) is 199 Å². The van der Waals surface area contributed by atoms with E-state index in [0.717, 1.165) is 48.7 Å². The standard InChI is InChI=1S/C27H20BrNO.C25H16BrNO/c1-30-17-16-22-21(11-7-12-25(22)28)19-14-15-27-24(18-19)23-10-5-6-13-26(23)29(27)20-8-3-2-4-9-20;26-23-11-6-10-19(22(23)16-28)17-13-14-25-21(15-17)20-9-4-5-12-24(20)27(25)18-7-2-1-3-8-18/h2-18H,1H3;1-16H. The molecule has 0 spiro atoms. The Kier molecular flexibility index (Phi) is 10.4. The molecular formula is C52H36Br2N2O2. The summed E-state index contributed by atoms with van der Waals surface area (Å²) in [5, 5.41) is 4.87. The van der Waals surface area contributed by atoms with Crippen LogP contribution in [0.3, 0.4) is 0 Å². The molecule has 0 amide bonds. The van der Waals surface area contributed by atoms with E-state index in [-0.39, 0.29) is 0 Å². The number of rotatable bonds is 7. The number of para-hydroxylation sites is 4. The fourth-order valence-corrected chi connectivity index (χ4v) is 8.95. The summed E-state index contributed by atoms with van der Waals surface area (Å²) >= 11 is 7.18. The molecule has 0 fully saturated rings. The molecule has 0 atom stereocenters. The molecule has 58 heavy (non-hydrogen) atoms. The maximum Gasteiger partial charge on any atom is 0.151 e. The fraction of sp³-hybridized carbons (Fsp3) is 0.0192. The second kappa shape index (κ2) is 16.2. The number of hydrogen-bond acceptors (Lipinski definition) is 2. The Balaban J connectivity index is 0.000000151. The van der Waals surface area contributed by atoms with E-state index in [1.807, 2.05) is 30.3 Å². The monoisotopic (exact) mass is 878 g/mol. The molecule has 0 aliphatic heterocycles. The molecule has 280 valence electrons. The molecule has 4 nitrogen and oxygen atoms in total. The molecule has 0 aliphatic rings. The third kappa shape index (κ3) is 6.74. The van der Waals surface area contributed by atoms with Gasteiger partial charge in [-0.15, -0.1) is 0 Å². The Morgan fingerprint density at radius 3 is 1.36 bits per heavy atom. The van der Waals surface area contributed by atoms with Gasteiger partial charge in [-0.2, -0.15) is 0 Å². The van der Waals surface area contributed by atoms with Gasteiger partial charge in [-0.1, -0.05) is 141 Å². The molecule has 0 aliphatic carbocycles. The van der Waals surface area contributed by atoms with Crippen molar-refractivity contribution in [2.24, 2.45) is 0 Å². The summed E-state index contributed by atoms with van der Waals surface area (Å²) in [5.74, 6) is 0. The second-order valence-corrected chi connectivity index (χ2v) is 15.6. The van der Waals surface area contributed by atoms with Crippen LogP contribution in [0.2, 0.25) is 0 Å². The first kappa shape index (κ1) is 37.1. The highest BCUT2D eigenvalue weighted by molar-refractivity contribution is 9.10. The number of carbonyl (C=O) groups is 1. The largest absolute Gasteiger partial charge is 0.504 e. The van der Waals surface area contributed by atoms with Crippen LogP contribution in [0, 0.1) is 0 Å². The van der Waals surface area contributed by atoms with Crippen molar-refractivity contribution < 1.29 is 9.53 Å². The number of fused-ring (bicyclic) bond motifs is 6. The normalized spacial score (nSPS) is 11.4. The molecule has 0 bridgehead atoms. The minimum absolute atomic E-state index is 0.675. The number of aromatic nitrogens is 2. The van der Waals surface area contributed by atoms with E-state index in [1.165, 1.54) is 49.3 Å².